The van der Waals surface area contributed by atoms with Gasteiger partial charge in [-0.05, 0) is 84.9 Å². The topological polar surface area (TPSA) is 0 Å². The van der Waals surface area contributed by atoms with Crippen LogP contribution in [0.2, 0.25) is 0 Å². The van der Waals surface area contributed by atoms with Crippen molar-refractivity contribution in [2.75, 3.05) is 45.8 Å². The molecule has 0 radical (unpaired) electrons. The number of hydrogen-bond donors (Lipinski definition) is 0. The lowest BCUT2D eigenvalue weighted by atomic mass is 10.1. The van der Waals surface area contributed by atoms with Crippen LogP contribution >= 0.6 is 0 Å². The second-order valence-corrected chi connectivity index (χ2v) is 7.58. The van der Waals surface area contributed by atoms with Crippen LogP contribution < -0.4 is 4.48 Å². The lowest BCUT2D eigenvalue weighted by molar-refractivity contribution is -0.923. The fourth-order valence-corrected chi connectivity index (χ4v) is 4.30. The van der Waals surface area contributed by atoms with Crippen LogP contribution in [0, 0.1) is 0 Å². The SMILES string of the molecule is CC[N+](CC)(CC)CCCCCc1ccc([N+](CC)(CC)CC)cc1. The Morgan fingerprint density at radius 2 is 1.12 bits per heavy atom. The molecular weight excluding hydrogens is 304 g/mol. The molecule has 25 heavy (non-hydrogen) atoms. The van der Waals surface area contributed by atoms with Gasteiger partial charge in [0.1, 0.15) is 5.69 Å². The van der Waals surface area contributed by atoms with Gasteiger partial charge in [-0.3, -0.25) is 4.48 Å². The van der Waals surface area contributed by atoms with Crippen molar-refractivity contribution >= 4 is 5.69 Å². The van der Waals surface area contributed by atoms with Crippen molar-refractivity contribution < 1.29 is 4.48 Å². The first-order chi connectivity index (χ1) is 12.0. The number of hydrogen-bond acceptors (Lipinski definition) is 0. The summed E-state index contributed by atoms with van der Waals surface area (Å²) in [7, 11) is 0. The average molecular weight is 349 g/mol. The third-order valence-electron chi connectivity index (χ3n) is 6.91. The highest BCUT2D eigenvalue weighted by Gasteiger charge is 2.23. The van der Waals surface area contributed by atoms with Crippen LogP contribution in [-0.2, 0) is 6.42 Å². The van der Waals surface area contributed by atoms with Crippen LogP contribution in [0.1, 0.15) is 66.4 Å². The van der Waals surface area contributed by atoms with Crippen molar-refractivity contribution in [2.45, 2.75) is 67.2 Å². The Labute approximate surface area is 158 Å². The Morgan fingerprint density at radius 1 is 0.600 bits per heavy atom. The van der Waals surface area contributed by atoms with Crippen molar-refractivity contribution in [2.24, 2.45) is 0 Å². The first-order valence-electron chi connectivity index (χ1n) is 10.9. The molecule has 0 amide bonds. The Balaban J connectivity index is 2.47. The number of benzene rings is 1. The summed E-state index contributed by atoms with van der Waals surface area (Å²) in [5, 5.41) is 0. The van der Waals surface area contributed by atoms with E-state index in [1.807, 2.05) is 0 Å². The average Bonchev–Trinajstić information content (AvgIpc) is 2.68. The molecule has 0 aliphatic rings. The molecule has 0 spiro atoms. The minimum Gasteiger partial charge on any atom is -0.324 e. The van der Waals surface area contributed by atoms with Crippen LogP contribution in [-0.4, -0.2) is 50.3 Å². The van der Waals surface area contributed by atoms with Gasteiger partial charge in [-0.1, -0.05) is 12.1 Å². The van der Waals surface area contributed by atoms with E-state index >= 15 is 0 Å². The molecule has 2 heteroatoms. The smallest absolute Gasteiger partial charge is 0.132 e. The van der Waals surface area contributed by atoms with Gasteiger partial charge in [0.05, 0.1) is 45.8 Å². The van der Waals surface area contributed by atoms with Crippen LogP contribution in [0.25, 0.3) is 0 Å². The molecule has 0 aromatic heterocycles. The number of nitrogens with zero attached hydrogens (tertiary/aromatic N) is 2. The molecule has 0 fully saturated rings. The highest BCUT2D eigenvalue weighted by molar-refractivity contribution is 5.44. The van der Waals surface area contributed by atoms with E-state index in [2.05, 4.69) is 65.8 Å². The summed E-state index contributed by atoms with van der Waals surface area (Å²) < 4.78 is 2.39. The highest BCUT2D eigenvalue weighted by atomic mass is 15.3. The van der Waals surface area contributed by atoms with E-state index < -0.39 is 0 Å². The lowest BCUT2D eigenvalue weighted by Gasteiger charge is -2.36. The molecule has 0 bridgehead atoms. The highest BCUT2D eigenvalue weighted by Crippen LogP contribution is 2.24. The first kappa shape index (κ1) is 22.2. The summed E-state index contributed by atoms with van der Waals surface area (Å²) in [6.45, 7) is 22.7. The summed E-state index contributed by atoms with van der Waals surface area (Å²) in [4.78, 5) is 0. The monoisotopic (exact) mass is 348 g/mol. The van der Waals surface area contributed by atoms with Gasteiger partial charge in [0.25, 0.3) is 0 Å². The lowest BCUT2D eigenvalue weighted by Crippen LogP contribution is -2.48. The predicted octanol–water partition coefficient (Wildman–Crippen LogP) is 5.64. The van der Waals surface area contributed by atoms with Gasteiger partial charge in [0.2, 0.25) is 0 Å². The van der Waals surface area contributed by atoms with Crippen LogP contribution in [0.15, 0.2) is 24.3 Å². The standard InChI is InChI=1S/C23H44N2/c1-7-24(8-2,9-3)21-15-13-14-16-22-17-19-23(20-18-22)25(10-4,11-5)12-6/h17-20H,7-16,21H2,1-6H3/q+2. The zero-order valence-electron chi connectivity index (χ0n) is 18.0. The molecule has 0 saturated heterocycles. The van der Waals surface area contributed by atoms with Crippen LogP contribution in [0.3, 0.4) is 0 Å². The molecule has 0 saturated carbocycles. The minimum atomic E-state index is 1.10. The van der Waals surface area contributed by atoms with Crippen LogP contribution in [0.4, 0.5) is 5.69 Å². The van der Waals surface area contributed by atoms with Crippen molar-refractivity contribution in [1.82, 2.24) is 4.48 Å². The van der Waals surface area contributed by atoms with E-state index in [1.165, 1.54) is 87.2 Å². The molecule has 2 nitrogen and oxygen atoms in total. The number of rotatable bonds is 13. The maximum absolute atomic E-state index is 2.37. The molecule has 0 heterocycles. The zero-order chi connectivity index (χ0) is 18.8. The molecule has 0 aliphatic carbocycles. The predicted molar refractivity (Wildman–Crippen MR) is 114 cm³/mol. The van der Waals surface area contributed by atoms with E-state index in [0.717, 1.165) is 4.48 Å². The molecule has 0 N–H and O–H groups in total. The van der Waals surface area contributed by atoms with Gasteiger partial charge >= 0.3 is 0 Å². The van der Waals surface area contributed by atoms with Gasteiger partial charge in [-0.2, -0.15) is 0 Å². The third kappa shape index (κ3) is 5.82. The molecule has 1 aromatic carbocycles. The van der Waals surface area contributed by atoms with Gasteiger partial charge in [0, 0.05) is 0 Å². The van der Waals surface area contributed by atoms with E-state index in [4.69, 9.17) is 0 Å². The Bertz CT molecular complexity index is 439. The molecule has 0 unspecified atom stereocenters. The Hall–Kier alpha value is -0.860. The third-order valence-corrected chi connectivity index (χ3v) is 6.91. The summed E-state index contributed by atoms with van der Waals surface area (Å²) >= 11 is 0. The minimum absolute atomic E-state index is 1.10. The molecule has 144 valence electrons. The fourth-order valence-electron chi connectivity index (χ4n) is 4.30. The van der Waals surface area contributed by atoms with Crippen molar-refractivity contribution in [3.63, 3.8) is 0 Å². The largest absolute Gasteiger partial charge is 0.324 e. The van der Waals surface area contributed by atoms with Gasteiger partial charge < -0.3 is 4.48 Å². The number of aryl methyl sites for hydroxylation is 1. The molecule has 0 atom stereocenters. The molecule has 0 aliphatic heterocycles. The maximum Gasteiger partial charge on any atom is 0.132 e. The quantitative estimate of drug-likeness (QED) is 0.319. The normalized spacial score (nSPS) is 12.6. The summed E-state index contributed by atoms with van der Waals surface area (Å²) in [6.07, 6.45) is 5.29. The maximum atomic E-state index is 2.37. The molecule has 1 rings (SSSR count). The van der Waals surface area contributed by atoms with Gasteiger partial charge in [0.15, 0.2) is 0 Å². The number of quaternary nitrogens is 2. The summed E-state index contributed by atoms with van der Waals surface area (Å²) in [6, 6.07) is 9.49. The van der Waals surface area contributed by atoms with Crippen molar-refractivity contribution in [1.29, 1.82) is 0 Å². The zero-order valence-corrected chi connectivity index (χ0v) is 18.0. The van der Waals surface area contributed by atoms with E-state index in [0.29, 0.717) is 0 Å². The van der Waals surface area contributed by atoms with Crippen molar-refractivity contribution in [3.05, 3.63) is 29.8 Å². The Morgan fingerprint density at radius 3 is 1.56 bits per heavy atom. The van der Waals surface area contributed by atoms with Gasteiger partial charge in [-0.15, -0.1) is 0 Å². The second-order valence-electron chi connectivity index (χ2n) is 7.58. The van der Waals surface area contributed by atoms with Crippen molar-refractivity contribution in [3.8, 4) is 0 Å². The number of unbranched alkanes of at least 4 members (excludes halogenated alkanes) is 2. The molecule has 1 aromatic rings. The van der Waals surface area contributed by atoms with Gasteiger partial charge in [-0.25, -0.2) is 0 Å². The van der Waals surface area contributed by atoms with E-state index in [9.17, 15) is 0 Å². The second kappa shape index (κ2) is 11.0. The van der Waals surface area contributed by atoms with Crippen LogP contribution in [0.5, 0.6) is 0 Å². The first-order valence-corrected chi connectivity index (χ1v) is 10.9. The fraction of sp³-hybridized carbons (Fsp3) is 0.739. The summed E-state index contributed by atoms with van der Waals surface area (Å²) in [5.74, 6) is 0. The summed E-state index contributed by atoms with van der Waals surface area (Å²) in [5.41, 5.74) is 2.99. The molecular formula is C23H44N2+2. The van der Waals surface area contributed by atoms with E-state index in [-0.39, 0.29) is 0 Å². The van der Waals surface area contributed by atoms with E-state index in [1.54, 1.807) is 0 Å². The Kier molecular flexibility index (Phi) is 9.74.